The van der Waals surface area contributed by atoms with Crippen LogP contribution in [0.3, 0.4) is 0 Å². The zero-order valence-corrected chi connectivity index (χ0v) is 12.4. The van der Waals surface area contributed by atoms with Gasteiger partial charge in [-0.05, 0) is 32.1 Å². The lowest BCUT2D eigenvalue weighted by atomic mass is 9.88. The lowest BCUT2D eigenvalue weighted by Crippen LogP contribution is -2.71. The molecule has 0 bridgehead atoms. The molecule has 1 unspecified atom stereocenters. The van der Waals surface area contributed by atoms with E-state index in [0.29, 0.717) is 6.42 Å². The standard InChI is InChI=1S/C15H26N2O2/c1-4-11(5-2)17-12(6-3)13(18)16-15(14(17)19)9-7-8-10-15/h11-12H,4-10H2,1-3H3,(H,16,18). The third-order valence-electron chi connectivity index (χ3n) is 4.82. The van der Waals surface area contributed by atoms with E-state index in [1.54, 1.807) is 0 Å². The van der Waals surface area contributed by atoms with E-state index < -0.39 is 5.54 Å². The highest BCUT2D eigenvalue weighted by atomic mass is 16.2. The second-order valence-electron chi connectivity index (χ2n) is 5.89. The first-order valence-corrected chi connectivity index (χ1v) is 7.74. The molecule has 2 rings (SSSR count). The number of carbonyl (C=O) groups is 2. The van der Waals surface area contributed by atoms with Crippen LogP contribution in [0.4, 0.5) is 0 Å². The Bertz CT molecular complexity index is 357. The topological polar surface area (TPSA) is 49.4 Å². The molecule has 1 N–H and O–H groups in total. The summed E-state index contributed by atoms with van der Waals surface area (Å²) in [6.07, 6.45) is 6.24. The molecule has 2 aliphatic rings. The summed E-state index contributed by atoms with van der Waals surface area (Å²) >= 11 is 0. The summed E-state index contributed by atoms with van der Waals surface area (Å²) in [5.74, 6) is 0.223. The van der Waals surface area contributed by atoms with Crippen molar-refractivity contribution in [1.82, 2.24) is 10.2 Å². The van der Waals surface area contributed by atoms with Crippen LogP contribution in [-0.2, 0) is 9.59 Å². The number of amides is 2. The van der Waals surface area contributed by atoms with Gasteiger partial charge in [0.2, 0.25) is 11.8 Å². The van der Waals surface area contributed by atoms with Crippen LogP contribution in [-0.4, -0.2) is 34.3 Å². The first-order chi connectivity index (χ1) is 9.09. The largest absolute Gasteiger partial charge is 0.340 e. The average Bonchev–Trinajstić information content (AvgIpc) is 2.86. The van der Waals surface area contributed by atoms with Gasteiger partial charge in [-0.2, -0.15) is 0 Å². The molecule has 0 radical (unpaired) electrons. The number of rotatable bonds is 4. The number of hydrogen-bond acceptors (Lipinski definition) is 2. The molecule has 1 heterocycles. The van der Waals surface area contributed by atoms with Crippen LogP contribution in [0, 0.1) is 0 Å². The van der Waals surface area contributed by atoms with Gasteiger partial charge >= 0.3 is 0 Å². The molecule has 4 nitrogen and oxygen atoms in total. The Morgan fingerprint density at radius 3 is 2.26 bits per heavy atom. The average molecular weight is 266 g/mol. The zero-order chi connectivity index (χ0) is 14.0. The van der Waals surface area contributed by atoms with Crippen LogP contribution in [0.2, 0.25) is 0 Å². The van der Waals surface area contributed by atoms with Crippen LogP contribution in [0.1, 0.15) is 65.7 Å². The quantitative estimate of drug-likeness (QED) is 0.848. The number of nitrogens with one attached hydrogen (secondary N) is 1. The lowest BCUT2D eigenvalue weighted by molar-refractivity contribution is -0.158. The van der Waals surface area contributed by atoms with E-state index >= 15 is 0 Å². The smallest absolute Gasteiger partial charge is 0.249 e. The van der Waals surface area contributed by atoms with E-state index in [9.17, 15) is 9.59 Å². The molecule has 1 aliphatic heterocycles. The molecule has 108 valence electrons. The van der Waals surface area contributed by atoms with Crippen LogP contribution >= 0.6 is 0 Å². The van der Waals surface area contributed by atoms with Crippen molar-refractivity contribution in [2.45, 2.75) is 83.3 Å². The molecule has 1 spiro atoms. The van der Waals surface area contributed by atoms with E-state index in [1.165, 1.54) is 0 Å². The van der Waals surface area contributed by atoms with Gasteiger partial charge in [0.25, 0.3) is 0 Å². The van der Waals surface area contributed by atoms with Crippen molar-refractivity contribution in [3.8, 4) is 0 Å². The number of carbonyl (C=O) groups excluding carboxylic acids is 2. The molecule has 4 heteroatoms. The second-order valence-corrected chi connectivity index (χ2v) is 5.89. The van der Waals surface area contributed by atoms with Gasteiger partial charge < -0.3 is 10.2 Å². The van der Waals surface area contributed by atoms with Crippen LogP contribution in [0.15, 0.2) is 0 Å². The van der Waals surface area contributed by atoms with Crippen LogP contribution < -0.4 is 5.32 Å². The van der Waals surface area contributed by atoms with Crippen LogP contribution in [0.5, 0.6) is 0 Å². The highest BCUT2D eigenvalue weighted by Gasteiger charge is 2.52. The van der Waals surface area contributed by atoms with Crippen LogP contribution in [0.25, 0.3) is 0 Å². The van der Waals surface area contributed by atoms with E-state index in [1.807, 2.05) is 11.8 Å². The fraction of sp³-hybridized carbons (Fsp3) is 0.867. The first kappa shape index (κ1) is 14.4. The summed E-state index contributed by atoms with van der Waals surface area (Å²) in [4.78, 5) is 27.2. The Morgan fingerprint density at radius 1 is 1.21 bits per heavy atom. The summed E-state index contributed by atoms with van der Waals surface area (Å²) < 4.78 is 0. The Labute approximate surface area is 115 Å². The fourth-order valence-corrected chi connectivity index (χ4v) is 3.69. The Morgan fingerprint density at radius 2 is 1.79 bits per heavy atom. The molecule has 2 amide bonds. The Balaban J connectivity index is 2.33. The molecule has 0 aromatic carbocycles. The number of nitrogens with zero attached hydrogens (tertiary/aromatic N) is 1. The van der Waals surface area contributed by atoms with Crippen molar-refractivity contribution < 1.29 is 9.59 Å². The van der Waals surface area contributed by atoms with Crippen molar-refractivity contribution in [3.63, 3.8) is 0 Å². The third kappa shape index (κ3) is 2.26. The van der Waals surface area contributed by atoms with Crippen molar-refractivity contribution >= 4 is 11.8 Å². The summed E-state index contributed by atoms with van der Waals surface area (Å²) in [6, 6.07) is -0.0791. The minimum atomic E-state index is -0.578. The van der Waals surface area contributed by atoms with Crippen molar-refractivity contribution in [2.75, 3.05) is 0 Å². The fourth-order valence-electron chi connectivity index (χ4n) is 3.69. The predicted molar refractivity (Wildman–Crippen MR) is 74.6 cm³/mol. The van der Waals surface area contributed by atoms with Gasteiger partial charge in [0, 0.05) is 6.04 Å². The van der Waals surface area contributed by atoms with Gasteiger partial charge in [-0.1, -0.05) is 33.6 Å². The van der Waals surface area contributed by atoms with E-state index in [-0.39, 0.29) is 23.9 Å². The van der Waals surface area contributed by atoms with E-state index in [0.717, 1.165) is 38.5 Å². The highest BCUT2D eigenvalue weighted by molar-refractivity contribution is 6.00. The van der Waals surface area contributed by atoms with Crippen molar-refractivity contribution in [2.24, 2.45) is 0 Å². The molecular formula is C15H26N2O2. The first-order valence-electron chi connectivity index (χ1n) is 7.74. The molecule has 0 aromatic heterocycles. The van der Waals surface area contributed by atoms with Gasteiger partial charge in [-0.3, -0.25) is 9.59 Å². The SMILES string of the molecule is CCC(CC)N1C(=O)C2(CCCC2)NC(=O)C1CC. The summed E-state index contributed by atoms with van der Waals surface area (Å²) in [5.41, 5.74) is -0.578. The van der Waals surface area contributed by atoms with Gasteiger partial charge in [0.15, 0.2) is 0 Å². The molecule has 1 saturated carbocycles. The van der Waals surface area contributed by atoms with E-state index in [2.05, 4.69) is 19.2 Å². The number of hydrogen-bond donors (Lipinski definition) is 1. The molecule has 0 aromatic rings. The molecular weight excluding hydrogens is 240 g/mol. The maximum Gasteiger partial charge on any atom is 0.249 e. The Kier molecular flexibility index (Phi) is 4.16. The van der Waals surface area contributed by atoms with E-state index in [4.69, 9.17) is 0 Å². The lowest BCUT2D eigenvalue weighted by Gasteiger charge is -2.47. The third-order valence-corrected chi connectivity index (χ3v) is 4.82. The minimum Gasteiger partial charge on any atom is -0.340 e. The molecule has 1 saturated heterocycles. The second kappa shape index (κ2) is 5.51. The molecule has 2 fully saturated rings. The summed E-state index contributed by atoms with van der Waals surface area (Å²) in [6.45, 7) is 6.18. The normalized spacial score (nSPS) is 26.3. The summed E-state index contributed by atoms with van der Waals surface area (Å²) in [7, 11) is 0. The molecule has 1 aliphatic carbocycles. The van der Waals surface area contributed by atoms with Crippen molar-refractivity contribution in [3.05, 3.63) is 0 Å². The molecule has 1 atom stereocenters. The number of piperazine rings is 1. The monoisotopic (exact) mass is 266 g/mol. The molecule has 19 heavy (non-hydrogen) atoms. The summed E-state index contributed by atoms with van der Waals surface area (Å²) in [5, 5.41) is 3.05. The maximum atomic E-state index is 12.9. The zero-order valence-electron chi connectivity index (χ0n) is 12.4. The van der Waals surface area contributed by atoms with Gasteiger partial charge in [-0.15, -0.1) is 0 Å². The van der Waals surface area contributed by atoms with Gasteiger partial charge in [-0.25, -0.2) is 0 Å². The Hall–Kier alpha value is -1.06. The van der Waals surface area contributed by atoms with Gasteiger partial charge in [0.05, 0.1) is 0 Å². The highest BCUT2D eigenvalue weighted by Crippen LogP contribution is 2.36. The maximum absolute atomic E-state index is 12.9. The predicted octanol–water partition coefficient (Wildman–Crippen LogP) is 2.22. The van der Waals surface area contributed by atoms with Gasteiger partial charge in [0.1, 0.15) is 11.6 Å². The minimum absolute atomic E-state index is 0.0518. The van der Waals surface area contributed by atoms with Crippen molar-refractivity contribution in [1.29, 1.82) is 0 Å².